The van der Waals surface area contributed by atoms with Gasteiger partial charge in [0.25, 0.3) is 10.0 Å². The lowest BCUT2D eigenvalue weighted by molar-refractivity contribution is -0.137. The van der Waals surface area contributed by atoms with Crippen molar-refractivity contribution < 1.29 is 23.1 Å². The van der Waals surface area contributed by atoms with Crippen molar-refractivity contribution in [3.63, 3.8) is 0 Å². The number of nitrogens with two attached hydrogens (primary N) is 1. The molecule has 9 heteroatoms. The number of hydrogen-bond acceptors (Lipinski definition) is 5. The fraction of sp³-hybridized carbons (Fsp3) is 0.600. The number of fused-ring (bicyclic) bond motifs is 1. The number of guanidine groups is 1. The molecule has 0 aliphatic carbocycles. The Balaban J connectivity index is 2.27. The van der Waals surface area contributed by atoms with Gasteiger partial charge in [0.2, 0.25) is 5.96 Å². The van der Waals surface area contributed by atoms with Crippen LogP contribution in [-0.4, -0.2) is 37.6 Å². The first-order valence-electron chi connectivity index (χ1n) is 9.72. The van der Waals surface area contributed by atoms with Crippen LogP contribution in [-0.2, 0) is 21.2 Å². The summed E-state index contributed by atoms with van der Waals surface area (Å²) in [6.45, 7) is 9.74. The monoisotopic (exact) mass is 425 g/mol. The molecule has 0 atom stereocenters. The molecular weight excluding hydrogens is 394 g/mol. The highest BCUT2D eigenvalue weighted by molar-refractivity contribution is 7.90. The lowest BCUT2D eigenvalue weighted by atomic mass is 9.88. The number of nitrogens with one attached hydrogen (secondary N) is 1. The summed E-state index contributed by atoms with van der Waals surface area (Å²) in [5, 5.41) is 8.63. The Labute approximate surface area is 172 Å². The molecule has 0 fully saturated rings. The second kappa shape index (κ2) is 8.61. The van der Waals surface area contributed by atoms with Crippen LogP contribution < -0.4 is 15.2 Å². The molecular formula is C20H31N3O5S. The van der Waals surface area contributed by atoms with Gasteiger partial charge >= 0.3 is 5.97 Å². The van der Waals surface area contributed by atoms with Gasteiger partial charge in [0.15, 0.2) is 0 Å². The van der Waals surface area contributed by atoms with E-state index in [1.54, 1.807) is 13.8 Å². The van der Waals surface area contributed by atoms with Crippen molar-refractivity contribution in [3.05, 3.63) is 22.3 Å². The molecule has 0 bridgehead atoms. The van der Waals surface area contributed by atoms with Gasteiger partial charge in [0.1, 0.15) is 11.4 Å². The highest BCUT2D eigenvalue weighted by atomic mass is 32.2. The minimum atomic E-state index is -3.92. The summed E-state index contributed by atoms with van der Waals surface area (Å²) >= 11 is 0. The van der Waals surface area contributed by atoms with Crippen molar-refractivity contribution in [2.45, 2.75) is 77.2 Å². The zero-order valence-electron chi connectivity index (χ0n) is 17.8. The van der Waals surface area contributed by atoms with E-state index in [4.69, 9.17) is 15.6 Å². The van der Waals surface area contributed by atoms with Crippen molar-refractivity contribution >= 4 is 22.0 Å². The molecule has 1 heterocycles. The first-order valence-corrected chi connectivity index (χ1v) is 11.2. The molecule has 0 amide bonds. The van der Waals surface area contributed by atoms with E-state index < -0.39 is 16.0 Å². The van der Waals surface area contributed by atoms with E-state index in [1.165, 1.54) is 0 Å². The topological polar surface area (TPSA) is 131 Å². The maximum absolute atomic E-state index is 13.0. The van der Waals surface area contributed by atoms with Crippen LogP contribution in [0.3, 0.4) is 0 Å². The van der Waals surface area contributed by atoms with Crippen LogP contribution in [0.25, 0.3) is 0 Å². The lowest BCUT2D eigenvalue weighted by Gasteiger charge is -2.35. The molecule has 1 aliphatic heterocycles. The second-order valence-corrected chi connectivity index (χ2v) is 9.72. The van der Waals surface area contributed by atoms with Crippen LogP contribution in [0.4, 0.5) is 0 Å². The third-order valence-corrected chi connectivity index (χ3v) is 6.88. The fourth-order valence-electron chi connectivity index (χ4n) is 3.56. The molecule has 29 heavy (non-hydrogen) atoms. The third kappa shape index (κ3) is 5.41. The first-order chi connectivity index (χ1) is 13.4. The molecule has 1 aromatic rings. The van der Waals surface area contributed by atoms with Gasteiger partial charge < -0.3 is 15.6 Å². The Morgan fingerprint density at radius 2 is 1.86 bits per heavy atom. The number of unbranched alkanes of at least 4 members (excludes halogenated alkanes) is 1. The summed E-state index contributed by atoms with van der Waals surface area (Å²) in [6, 6.07) is 0. The van der Waals surface area contributed by atoms with Crippen LogP contribution in [0, 0.1) is 20.8 Å². The van der Waals surface area contributed by atoms with Crippen LogP contribution >= 0.6 is 0 Å². The van der Waals surface area contributed by atoms with Crippen LogP contribution in [0.1, 0.15) is 61.8 Å². The molecule has 8 nitrogen and oxygen atoms in total. The summed E-state index contributed by atoms with van der Waals surface area (Å²) in [7, 11) is -3.92. The van der Waals surface area contributed by atoms with Gasteiger partial charge in [-0.05, 0) is 82.6 Å². The van der Waals surface area contributed by atoms with Gasteiger partial charge in [-0.3, -0.25) is 9.79 Å². The zero-order chi connectivity index (χ0) is 22.0. The number of carbonyl (C=O) groups is 1. The van der Waals surface area contributed by atoms with Gasteiger partial charge in [-0.25, -0.2) is 13.1 Å². The number of hydrogen-bond donors (Lipinski definition) is 3. The maximum atomic E-state index is 13.0. The first kappa shape index (κ1) is 23.0. The molecule has 1 aromatic carbocycles. The van der Waals surface area contributed by atoms with E-state index in [0.29, 0.717) is 24.0 Å². The zero-order valence-corrected chi connectivity index (χ0v) is 18.6. The Morgan fingerprint density at radius 3 is 2.48 bits per heavy atom. The maximum Gasteiger partial charge on any atom is 0.303 e. The summed E-state index contributed by atoms with van der Waals surface area (Å²) in [6.07, 6.45) is 2.56. The molecule has 4 N–H and O–H groups in total. The molecule has 2 rings (SSSR count). The number of nitrogens with zero attached hydrogens (tertiary/aromatic N) is 1. The van der Waals surface area contributed by atoms with Gasteiger partial charge in [0, 0.05) is 13.0 Å². The summed E-state index contributed by atoms with van der Waals surface area (Å²) < 4.78 is 34.6. The number of aliphatic carboxylic acids is 1. The normalized spacial score (nSPS) is 16.1. The van der Waals surface area contributed by atoms with Crippen molar-refractivity contribution in [1.82, 2.24) is 4.72 Å². The molecule has 0 radical (unpaired) electrons. The van der Waals surface area contributed by atoms with E-state index >= 15 is 0 Å². The van der Waals surface area contributed by atoms with E-state index in [1.807, 2.05) is 20.8 Å². The number of benzene rings is 1. The number of aliphatic imine (C=N–C) groups is 1. The van der Waals surface area contributed by atoms with E-state index in [-0.39, 0.29) is 29.4 Å². The van der Waals surface area contributed by atoms with E-state index in [9.17, 15) is 13.2 Å². The van der Waals surface area contributed by atoms with Gasteiger partial charge in [0.05, 0.1) is 4.90 Å². The number of rotatable bonds is 7. The third-order valence-electron chi connectivity index (χ3n) is 5.26. The molecule has 0 unspecified atom stereocenters. The molecule has 162 valence electrons. The largest absolute Gasteiger partial charge is 0.487 e. The number of carboxylic acid groups (broad SMARTS) is 1. The van der Waals surface area contributed by atoms with Crippen molar-refractivity contribution in [2.24, 2.45) is 10.7 Å². The summed E-state index contributed by atoms with van der Waals surface area (Å²) in [5.74, 6) is -0.300. The Bertz CT molecular complexity index is 936. The minimum Gasteiger partial charge on any atom is -0.487 e. The molecule has 0 saturated heterocycles. The van der Waals surface area contributed by atoms with Crippen molar-refractivity contribution in [3.8, 4) is 5.75 Å². The number of carboxylic acids is 1. The Hall–Kier alpha value is -2.29. The molecule has 0 aromatic heterocycles. The standard InChI is InChI=1S/C20H31N3O5S/c1-12-13(2)18(14(3)15-9-10-20(4,5)28-17(12)15)29(26,27)23-19(21)22-11-7-6-8-16(24)25/h6-11H2,1-5H3,(H,24,25)(H3,21,22,23). The highest BCUT2D eigenvalue weighted by Crippen LogP contribution is 2.42. The average Bonchev–Trinajstić information content (AvgIpc) is 2.57. The van der Waals surface area contributed by atoms with Gasteiger partial charge in [-0.1, -0.05) is 0 Å². The predicted octanol–water partition coefficient (Wildman–Crippen LogP) is 2.56. The number of ether oxygens (including phenoxy) is 1. The van der Waals surface area contributed by atoms with Crippen molar-refractivity contribution in [1.29, 1.82) is 0 Å². The predicted molar refractivity (Wildman–Crippen MR) is 112 cm³/mol. The smallest absolute Gasteiger partial charge is 0.303 e. The van der Waals surface area contributed by atoms with E-state index in [0.717, 1.165) is 29.7 Å². The highest BCUT2D eigenvalue weighted by Gasteiger charge is 2.33. The van der Waals surface area contributed by atoms with Crippen molar-refractivity contribution in [2.75, 3.05) is 6.54 Å². The minimum absolute atomic E-state index is 0.0484. The quantitative estimate of drug-likeness (QED) is 0.349. The Morgan fingerprint density at radius 1 is 1.21 bits per heavy atom. The number of sulfonamides is 1. The molecule has 0 saturated carbocycles. The van der Waals surface area contributed by atoms with Crippen LogP contribution in [0.5, 0.6) is 5.75 Å². The summed E-state index contributed by atoms with van der Waals surface area (Å²) in [4.78, 5) is 14.7. The average molecular weight is 426 g/mol. The Kier molecular flexibility index (Phi) is 6.82. The van der Waals surface area contributed by atoms with Gasteiger partial charge in [-0.15, -0.1) is 0 Å². The molecule has 0 spiro atoms. The summed E-state index contributed by atoms with van der Waals surface area (Å²) in [5.41, 5.74) is 8.50. The fourth-order valence-corrected chi connectivity index (χ4v) is 5.08. The lowest BCUT2D eigenvalue weighted by Crippen LogP contribution is -2.38. The molecule has 1 aliphatic rings. The van der Waals surface area contributed by atoms with E-state index in [2.05, 4.69) is 9.71 Å². The SMILES string of the molecule is Cc1c(C)c(S(=O)(=O)NC(N)=NCCCCC(=O)O)c(C)c2c1OC(C)(C)CC2. The van der Waals surface area contributed by atoms with Crippen LogP contribution in [0.15, 0.2) is 9.89 Å². The van der Waals surface area contributed by atoms with Gasteiger partial charge in [-0.2, -0.15) is 0 Å². The van der Waals surface area contributed by atoms with Crippen LogP contribution in [0.2, 0.25) is 0 Å². The second-order valence-electron chi connectivity index (χ2n) is 8.10.